The Hall–Kier alpha value is -0.920. The van der Waals surface area contributed by atoms with Gasteiger partial charge in [0.1, 0.15) is 0 Å². The van der Waals surface area contributed by atoms with E-state index in [1.165, 1.54) is 24.0 Å². The van der Waals surface area contributed by atoms with Gasteiger partial charge in [-0.2, -0.15) is 5.11 Å². The molecule has 1 N–H and O–H groups in total. The van der Waals surface area contributed by atoms with Crippen LogP contribution in [0.25, 0.3) is 0 Å². The molecule has 3 atom stereocenters. The molecule has 0 radical (unpaired) electrons. The monoisotopic (exact) mass is 234 g/mol. The molecule has 0 aromatic rings. The van der Waals surface area contributed by atoms with Gasteiger partial charge in [0.25, 0.3) is 0 Å². The summed E-state index contributed by atoms with van der Waals surface area (Å²) in [5.74, 6) is 1.16. The van der Waals surface area contributed by atoms with E-state index >= 15 is 0 Å². The predicted octanol–water partition coefficient (Wildman–Crippen LogP) is 5.12. The Morgan fingerprint density at radius 3 is 2.59 bits per heavy atom. The average molecular weight is 234 g/mol. The normalized spacial score (nSPS) is 23.7. The van der Waals surface area contributed by atoms with E-state index in [1.54, 1.807) is 0 Å². The Kier molecular flexibility index (Phi) is 5.60. The molecule has 0 heterocycles. The van der Waals surface area contributed by atoms with E-state index in [9.17, 15) is 0 Å². The third kappa shape index (κ3) is 3.52. The highest BCUT2D eigenvalue weighted by Crippen LogP contribution is 2.35. The lowest BCUT2D eigenvalue weighted by Gasteiger charge is -2.29. The van der Waals surface area contributed by atoms with Crippen LogP contribution in [0.3, 0.4) is 0 Å². The first-order chi connectivity index (χ1) is 8.13. The molecule has 0 aliphatic heterocycles. The van der Waals surface area contributed by atoms with Gasteiger partial charge in [-0.1, -0.05) is 37.6 Å². The van der Waals surface area contributed by atoms with Gasteiger partial charge in [0.2, 0.25) is 0 Å². The minimum Gasteiger partial charge on any atom is -0.210 e. The highest BCUT2D eigenvalue weighted by atomic mass is 15.0. The third-order valence-electron chi connectivity index (χ3n) is 4.11. The van der Waals surface area contributed by atoms with E-state index < -0.39 is 0 Å². The van der Waals surface area contributed by atoms with Crippen LogP contribution >= 0.6 is 0 Å². The van der Waals surface area contributed by atoms with Crippen molar-refractivity contribution in [3.05, 3.63) is 23.8 Å². The summed E-state index contributed by atoms with van der Waals surface area (Å²) < 4.78 is 0. The first kappa shape index (κ1) is 14.1. The zero-order valence-electron chi connectivity index (χ0n) is 11.5. The molecule has 0 spiro atoms. The summed E-state index contributed by atoms with van der Waals surface area (Å²) in [4.78, 5) is 0. The second-order valence-electron chi connectivity index (χ2n) is 5.22. The summed E-state index contributed by atoms with van der Waals surface area (Å²) in [6, 6.07) is 0.188. The molecule has 0 fully saturated rings. The smallest absolute Gasteiger partial charge is 0.0768 e. The van der Waals surface area contributed by atoms with Gasteiger partial charge in [-0.3, -0.25) is 0 Å². The SMILES string of the molecule is C=C(C)C1CC=C(C(CC)C(CC)N=N)CC1. The van der Waals surface area contributed by atoms with Gasteiger partial charge in [0.05, 0.1) is 6.04 Å². The summed E-state index contributed by atoms with van der Waals surface area (Å²) in [6.45, 7) is 10.5. The van der Waals surface area contributed by atoms with Crippen molar-refractivity contribution >= 4 is 0 Å². The van der Waals surface area contributed by atoms with Crippen LogP contribution in [-0.2, 0) is 0 Å². The Bertz CT molecular complexity index is 304. The standard InChI is InChI=1S/C15H26N2/c1-5-14(15(6-2)17-16)13-9-7-12(8-10-13)11(3)4/h9,12,14-16H,3,5-8,10H2,1-2,4H3. The van der Waals surface area contributed by atoms with Crippen molar-refractivity contribution in [3.8, 4) is 0 Å². The van der Waals surface area contributed by atoms with Crippen molar-refractivity contribution in [2.45, 2.75) is 58.9 Å². The molecular weight excluding hydrogens is 208 g/mol. The number of rotatable bonds is 6. The fourth-order valence-corrected chi connectivity index (χ4v) is 2.89. The number of allylic oxidation sites excluding steroid dienone is 2. The number of hydrogen-bond acceptors (Lipinski definition) is 2. The van der Waals surface area contributed by atoms with Crippen molar-refractivity contribution in [2.75, 3.05) is 0 Å². The van der Waals surface area contributed by atoms with Gasteiger partial charge in [-0.05, 0) is 44.9 Å². The van der Waals surface area contributed by atoms with Crippen molar-refractivity contribution in [3.63, 3.8) is 0 Å². The maximum atomic E-state index is 7.30. The summed E-state index contributed by atoms with van der Waals surface area (Å²) in [6.07, 6.45) is 8.00. The Balaban J connectivity index is 2.72. The Labute approximate surface area is 106 Å². The van der Waals surface area contributed by atoms with Gasteiger partial charge in [-0.15, -0.1) is 0 Å². The fourth-order valence-electron chi connectivity index (χ4n) is 2.89. The lowest BCUT2D eigenvalue weighted by atomic mass is 9.78. The highest BCUT2D eigenvalue weighted by molar-refractivity contribution is 5.16. The maximum absolute atomic E-state index is 7.30. The Morgan fingerprint density at radius 2 is 2.24 bits per heavy atom. The molecule has 0 aromatic heterocycles. The summed E-state index contributed by atoms with van der Waals surface area (Å²) >= 11 is 0. The van der Waals surface area contributed by atoms with Gasteiger partial charge in [0.15, 0.2) is 0 Å². The second kappa shape index (κ2) is 6.73. The topological polar surface area (TPSA) is 36.2 Å². The van der Waals surface area contributed by atoms with Crippen molar-refractivity contribution < 1.29 is 0 Å². The minimum absolute atomic E-state index is 0.188. The molecule has 3 unspecified atom stereocenters. The first-order valence-corrected chi connectivity index (χ1v) is 6.84. The zero-order valence-corrected chi connectivity index (χ0v) is 11.5. The van der Waals surface area contributed by atoms with E-state index in [0.717, 1.165) is 19.3 Å². The number of nitrogens with zero attached hydrogens (tertiary/aromatic N) is 1. The van der Waals surface area contributed by atoms with E-state index in [0.29, 0.717) is 11.8 Å². The molecule has 0 aromatic carbocycles. The van der Waals surface area contributed by atoms with E-state index in [4.69, 9.17) is 5.53 Å². The molecule has 0 amide bonds. The lowest BCUT2D eigenvalue weighted by Crippen LogP contribution is -2.21. The largest absolute Gasteiger partial charge is 0.210 e. The molecule has 17 heavy (non-hydrogen) atoms. The van der Waals surface area contributed by atoms with E-state index in [2.05, 4.69) is 38.5 Å². The fraction of sp³-hybridized carbons (Fsp3) is 0.733. The quantitative estimate of drug-likeness (QED) is 0.489. The van der Waals surface area contributed by atoms with Gasteiger partial charge in [-0.25, -0.2) is 5.53 Å². The summed E-state index contributed by atoms with van der Waals surface area (Å²) in [5.41, 5.74) is 10.1. The van der Waals surface area contributed by atoms with Gasteiger partial charge < -0.3 is 0 Å². The van der Waals surface area contributed by atoms with E-state index in [1.807, 2.05) is 0 Å². The zero-order chi connectivity index (χ0) is 12.8. The minimum atomic E-state index is 0.188. The second-order valence-corrected chi connectivity index (χ2v) is 5.22. The average Bonchev–Trinajstić information content (AvgIpc) is 2.36. The molecular formula is C15H26N2. The van der Waals surface area contributed by atoms with Crippen LogP contribution in [-0.4, -0.2) is 6.04 Å². The van der Waals surface area contributed by atoms with Crippen molar-refractivity contribution in [1.29, 1.82) is 5.53 Å². The lowest BCUT2D eigenvalue weighted by molar-refractivity contribution is 0.401. The van der Waals surface area contributed by atoms with Gasteiger partial charge >= 0.3 is 0 Å². The van der Waals surface area contributed by atoms with Crippen LogP contribution < -0.4 is 0 Å². The van der Waals surface area contributed by atoms with E-state index in [-0.39, 0.29) is 6.04 Å². The molecule has 0 bridgehead atoms. The van der Waals surface area contributed by atoms with Crippen molar-refractivity contribution in [1.82, 2.24) is 0 Å². The molecule has 0 saturated carbocycles. The van der Waals surface area contributed by atoms with Crippen LogP contribution in [0.15, 0.2) is 28.9 Å². The molecule has 0 saturated heterocycles. The summed E-state index contributed by atoms with van der Waals surface area (Å²) in [5, 5.41) is 3.80. The third-order valence-corrected chi connectivity index (χ3v) is 4.11. The maximum Gasteiger partial charge on any atom is 0.0768 e. The first-order valence-electron chi connectivity index (χ1n) is 6.84. The molecule has 2 nitrogen and oxygen atoms in total. The van der Waals surface area contributed by atoms with Crippen molar-refractivity contribution in [2.24, 2.45) is 17.0 Å². The van der Waals surface area contributed by atoms with Gasteiger partial charge in [0, 0.05) is 5.92 Å². The predicted molar refractivity (Wildman–Crippen MR) is 73.2 cm³/mol. The highest BCUT2D eigenvalue weighted by Gasteiger charge is 2.25. The van der Waals surface area contributed by atoms with Crippen LogP contribution in [0.5, 0.6) is 0 Å². The van der Waals surface area contributed by atoms with Crippen LogP contribution in [0, 0.1) is 17.4 Å². The molecule has 2 heteroatoms. The number of hydrogen-bond donors (Lipinski definition) is 1. The molecule has 96 valence electrons. The molecule has 1 rings (SSSR count). The van der Waals surface area contributed by atoms with Crippen LogP contribution in [0.1, 0.15) is 52.9 Å². The Morgan fingerprint density at radius 1 is 1.53 bits per heavy atom. The van der Waals surface area contributed by atoms with Crippen LogP contribution in [0.4, 0.5) is 0 Å². The summed E-state index contributed by atoms with van der Waals surface area (Å²) in [7, 11) is 0. The van der Waals surface area contributed by atoms with Crippen LogP contribution in [0.2, 0.25) is 0 Å². The molecule has 1 aliphatic carbocycles. The number of nitrogens with one attached hydrogen (secondary N) is 1. The molecule has 1 aliphatic rings.